The Bertz CT molecular complexity index is 662. The van der Waals surface area contributed by atoms with Crippen molar-refractivity contribution in [2.24, 2.45) is 0 Å². The predicted octanol–water partition coefficient (Wildman–Crippen LogP) is 3.94. The highest BCUT2D eigenvalue weighted by Crippen LogP contribution is 2.32. The number of benzene rings is 1. The van der Waals surface area contributed by atoms with Crippen LogP contribution in [0.25, 0.3) is 0 Å². The average Bonchev–Trinajstić information content (AvgIpc) is 2.91. The van der Waals surface area contributed by atoms with E-state index in [2.05, 4.69) is 45.1 Å². The minimum absolute atomic E-state index is 0.846. The summed E-state index contributed by atoms with van der Waals surface area (Å²) in [6.45, 7) is 3.24. The van der Waals surface area contributed by atoms with Crippen molar-refractivity contribution < 1.29 is 0 Å². The summed E-state index contributed by atoms with van der Waals surface area (Å²) in [6, 6.07) is 10.7. The molecule has 0 aliphatic carbocycles. The molecule has 2 aliphatic rings. The minimum atomic E-state index is 0.846. The van der Waals surface area contributed by atoms with Crippen LogP contribution in [0.2, 0.25) is 0 Å². The van der Waals surface area contributed by atoms with Crippen LogP contribution in [0, 0.1) is 0 Å². The molecular formula is C19H24N4. The van der Waals surface area contributed by atoms with Crippen LogP contribution in [-0.4, -0.2) is 29.6 Å². The molecule has 1 aromatic heterocycles. The molecule has 4 heteroatoms. The molecule has 2 aromatic rings. The zero-order valence-corrected chi connectivity index (χ0v) is 13.6. The lowest BCUT2D eigenvalue weighted by Crippen LogP contribution is -2.28. The Morgan fingerprint density at radius 3 is 2.52 bits per heavy atom. The van der Waals surface area contributed by atoms with E-state index < -0.39 is 0 Å². The lowest BCUT2D eigenvalue weighted by molar-refractivity contribution is 0.726. The quantitative estimate of drug-likeness (QED) is 0.841. The van der Waals surface area contributed by atoms with Crippen LogP contribution < -0.4 is 9.80 Å². The maximum absolute atomic E-state index is 4.90. The first kappa shape index (κ1) is 14.5. The number of rotatable bonds is 2. The van der Waals surface area contributed by atoms with Gasteiger partial charge in [-0.05, 0) is 43.4 Å². The Hall–Kier alpha value is -2.10. The maximum Gasteiger partial charge on any atom is 0.231 e. The number of hydrogen-bond acceptors (Lipinski definition) is 4. The van der Waals surface area contributed by atoms with Crippen molar-refractivity contribution in [3.8, 4) is 0 Å². The van der Waals surface area contributed by atoms with Gasteiger partial charge in [-0.2, -0.15) is 4.98 Å². The normalized spacial score (nSPS) is 18.4. The van der Waals surface area contributed by atoms with Crippen LogP contribution in [-0.2, 0) is 6.42 Å². The van der Waals surface area contributed by atoms with Crippen molar-refractivity contribution in [3.05, 3.63) is 42.1 Å². The van der Waals surface area contributed by atoms with Crippen LogP contribution >= 0.6 is 0 Å². The van der Waals surface area contributed by atoms with Crippen LogP contribution in [0.15, 0.2) is 36.5 Å². The number of aromatic nitrogens is 2. The molecule has 0 N–H and O–H groups in total. The van der Waals surface area contributed by atoms with E-state index >= 15 is 0 Å². The van der Waals surface area contributed by atoms with E-state index in [-0.39, 0.29) is 0 Å². The lowest BCUT2D eigenvalue weighted by Gasteiger charge is -2.30. The minimum Gasteiger partial charge on any atom is -0.356 e. The van der Waals surface area contributed by atoms with Gasteiger partial charge in [0.25, 0.3) is 0 Å². The van der Waals surface area contributed by atoms with E-state index in [1.807, 2.05) is 6.20 Å². The second-order valence-corrected chi connectivity index (χ2v) is 6.50. The first-order chi connectivity index (χ1) is 11.4. The number of para-hydroxylation sites is 1. The molecule has 2 aliphatic heterocycles. The van der Waals surface area contributed by atoms with Crippen LogP contribution in [0.3, 0.4) is 0 Å². The van der Waals surface area contributed by atoms with Gasteiger partial charge in [0.15, 0.2) is 0 Å². The van der Waals surface area contributed by atoms with Crippen molar-refractivity contribution in [2.45, 2.75) is 38.5 Å². The molecule has 3 heterocycles. The molecule has 1 aromatic carbocycles. The van der Waals surface area contributed by atoms with Crippen molar-refractivity contribution in [1.29, 1.82) is 0 Å². The maximum atomic E-state index is 4.90. The highest BCUT2D eigenvalue weighted by molar-refractivity contribution is 5.64. The van der Waals surface area contributed by atoms with Gasteiger partial charge in [-0.3, -0.25) is 0 Å². The molecule has 0 atom stereocenters. The van der Waals surface area contributed by atoms with Gasteiger partial charge in [0.2, 0.25) is 5.95 Å². The standard InChI is InChI=1S/C19H24N4/c1-2-6-14-22(13-5-1)18-11-12-20-19(21-18)23-15-7-9-16-8-3-4-10-17(16)23/h3-4,8,10-12H,1-2,5-7,9,13-15H2. The third-order valence-corrected chi connectivity index (χ3v) is 4.91. The summed E-state index contributed by atoms with van der Waals surface area (Å²) in [5.41, 5.74) is 2.68. The van der Waals surface area contributed by atoms with Crippen molar-refractivity contribution in [1.82, 2.24) is 9.97 Å². The number of fused-ring (bicyclic) bond motifs is 1. The zero-order chi connectivity index (χ0) is 15.5. The second-order valence-electron chi connectivity index (χ2n) is 6.50. The van der Waals surface area contributed by atoms with Gasteiger partial charge < -0.3 is 9.80 Å². The van der Waals surface area contributed by atoms with Crippen LogP contribution in [0.1, 0.15) is 37.7 Å². The highest BCUT2D eigenvalue weighted by Gasteiger charge is 2.21. The van der Waals surface area contributed by atoms with Crippen LogP contribution in [0.4, 0.5) is 17.5 Å². The summed E-state index contributed by atoms with van der Waals surface area (Å²) < 4.78 is 0. The summed E-state index contributed by atoms with van der Waals surface area (Å²) in [5, 5.41) is 0. The third kappa shape index (κ3) is 3.03. The van der Waals surface area contributed by atoms with E-state index in [4.69, 9.17) is 4.98 Å². The molecule has 4 rings (SSSR count). The Morgan fingerprint density at radius 1 is 0.826 bits per heavy atom. The SMILES string of the molecule is c1ccc2c(c1)CCCN2c1nccc(N2CCCCCC2)n1. The molecule has 1 fully saturated rings. The first-order valence-electron chi connectivity index (χ1n) is 8.85. The fraction of sp³-hybridized carbons (Fsp3) is 0.474. The monoisotopic (exact) mass is 308 g/mol. The molecule has 0 saturated carbocycles. The van der Waals surface area contributed by atoms with Gasteiger partial charge >= 0.3 is 0 Å². The fourth-order valence-electron chi connectivity index (χ4n) is 3.69. The summed E-state index contributed by atoms with van der Waals surface area (Å²) in [7, 11) is 0. The number of anilines is 3. The van der Waals surface area contributed by atoms with Crippen molar-refractivity contribution in [3.63, 3.8) is 0 Å². The molecule has 0 amide bonds. The summed E-state index contributed by atoms with van der Waals surface area (Å²) >= 11 is 0. The Morgan fingerprint density at radius 2 is 1.65 bits per heavy atom. The average molecular weight is 308 g/mol. The molecule has 0 bridgehead atoms. The second kappa shape index (κ2) is 6.57. The van der Waals surface area contributed by atoms with Gasteiger partial charge in [0.1, 0.15) is 5.82 Å². The topological polar surface area (TPSA) is 32.3 Å². The van der Waals surface area contributed by atoms with Crippen LogP contribution in [0.5, 0.6) is 0 Å². The molecule has 23 heavy (non-hydrogen) atoms. The van der Waals surface area contributed by atoms with E-state index in [0.29, 0.717) is 0 Å². The summed E-state index contributed by atoms with van der Waals surface area (Å²) in [6.07, 6.45) is 9.45. The van der Waals surface area contributed by atoms with Gasteiger partial charge in [-0.25, -0.2) is 4.98 Å². The van der Waals surface area contributed by atoms with Gasteiger partial charge in [0, 0.05) is 31.5 Å². The summed E-state index contributed by atoms with van der Waals surface area (Å²) in [4.78, 5) is 14.2. The fourth-order valence-corrected chi connectivity index (χ4v) is 3.69. The molecular weight excluding hydrogens is 284 g/mol. The molecule has 120 valence electrons. The van der Waals surface area contributed by atoms with Gasteiger partial charge in [-0.1, -0.05) is 31.0 Å². The zero-order valence-electron chi connectivity index (χ0n) is 13.6. The Labute approximate surface area is 138 Å². The lowest BCUT2D eigenvalue weighted by atomic mass is 10.0. The molecule has 1 saturated heterocycles. The molecule has 0 spiro atoms. The van der Waals surface area contributed by atoms with Gasteiger partial charge in [0.05, 0.1) is 0 Å². The largest absolute Gasteiger partial charge is 0.356 e. The molecule has 4 nitrogen and oxygen atoms in total. The number of aryl methyl sites for hydroxylation is 1. The third-order valence-electron chi connectivity index (χ3n) is 4.91. The van der Waals surface area contributed by atoms with E-state index in [1.54, 1.807) is 0 Å². The van der Waals surface area contributed by atoms with E-state index in [0.717, 1.165) is 44.2 Å². The molecule has 0 unspecified atom stereocenters. The van der Waals surface area contributed by atoms with E-state index in [9.17, 15) is 0 Å². The number of hydrogen-bond donors (Lipinski definition) is 0. The smallest absolute Gasteiger partial charge is 0.231 e. The predicted molar refractivity (Wildman–Crippen MR) is 94.5 cm³/mol. The van der Waals surface area contributed by atoms with Gasteiger partial charge in [-0.15, -0.1) is 0 Å². The number of nitrogens with zero attached hydrogens (tertiary/aromatic N) is 4. The van der Waals surface area contributed by atoms with Crippen molar-refractivity contribution >= 4 is 17.5 Å². The molecule has 0 radical (unpaired) electrons. The Kier molecular flexibility index (Phi) is 4.14. The Balaban J connectivity index is 1.64. The van der Waals surface area contributed by atoms with Crippen molar-refractivity contribution in [2.75, 3.05) is 29.4 Å². The first-order valence-corrected chi connectivity index (χ1v) is 8.85. The van der Waals surface area contributed by atoms with E-state index in [1.165, 1.54) is 36.9 Å². The summed E-state index contributed by atoms with van der Waals surface area (Å²) in [5.74, 6) is 1.93. The highest BCUT2D eigenvalue weighted by atomic mass is 15.3.